The zero-order valence-electron chi connectivity index (χ0n) is 9.80. The van der Waals surface area contributed by atoms with Gasteiger partial charge < -0.3 is 5.32 Å². The minimum Gasteiger partial charge on any atom is -0.309 e. The highest BCUT2D eigenvalue weighted by atomic mass is 79.9. The lowest BCUT2D eigenvalue weighted by molar-refractivity contribution is 0.702. The molecular formula is C12H13BrClNS2. The molecule has 2 rings (SSSR count). The number of aryl methyl sites for hydroxylation is 2. The molecule has 2 aromatic heterocycles. The Bertz CT molecular complexity index is 531. The topological polar surface area (TPSA) is 12.0 Å². The Kier molecular flexibility index (Phi) is 4.31. The Morgan fingerprint density at radius 2 is 2.12 bits per heavy atom. The van der Waals surface area contributed by atoms with Crippen LogP contribution in [0.25, 0.3) is 0 Å². The van der Waals surface area contributed by atoms with Crippen LogP contribution < -0.4 is 5.32 Å². The first-order chi connectivity index (χ1) is 8.04. The van der Waals surface area contributed by atoms with Crippen molar-refractivity contribution in [1.29, 1.82) is 0 Å². The van der Waals surface area contributed by atoms with Gasteiger partial charge in [0.2, 0.25) is 0 Å². The second-order valence-electron chi connectivity index (χ2n) is 3.88. The molecule has 1 atom stereocenters. The Labute approximate surface area is 123 Å². The highest BCUT2D eigenvalue weighted by Gasteiger charge is 2.21. The molecule has 0 aliphatic heterocycles. The van der Waals surface area contributed by atoms with Crippen LogP contribution in [0.2, 0.25) is 5.02 Å². The van der Waals surface area contributed by atoms with E-state index in [4.69, 9.17) is 11.6 Å². The molecule has 0 amide bonds. The summed E-state index contributed by atoms with van der Waals surface area (Å²) in [6.45, 7) is 4.19. The maximum Gasteiger partial charge on any atom is 0.0704 e. The van der Waals surface area contributed by atoms with Gasteiger partial charge in [0, 0.05) is 9.75 Å². The van der Waals surface area contributed by atoms with Crippen LogP contribution in [0.1, 0.15) is 26.9 Å². The number of halogens is 2. The van der Waals surface area contributed by atoms with Crippen LogP contribution in [0, 0.1) is 13.8 Å². The highest BCUT2D eigenvalue weighted by Crippen LogP contribution is 2.39. The van der Waals surface area contributed by atoms with Gasteiger partial charge in [0.05, 0.1) is 14.9 Å². The van der Waals surface area contributed by atoms with Gasteiger partial charge in [0.15, 0.2) is 0 Å². The van der Waals surface area contributed by atoms with Gasteiger partial charge in [-0.3, -0.25) is 0 Å². The zero-order chi connectivity index (χ0) is 12.6. The van der Waals surface area contributed by atoms with Crippen molar-refractivity contribution < 1.29 is 0 Å². The summed E-state index contributed by atoms with van der Waals surface area (Å²) in [5.74, 6) is 0. The van der Waals surface area contributed by atoms with Crippen LogP contribution >= 0.6 is 50.2 Å². The molecule has 0 fully saturated rings. The molecule has 0 aromatic carbocycles. The van der Waals surface area contributed by atoms with E-state index in [1.807, 2.05) is 14.0 Å². The molecular weight excluding hydrogens is 338 g/mol. The minimum absolute atomic E-state index is 0.184. The van der Waals surface area contributed by atoms with E-state index in [2.05, 4.69) is 39.6 Å². The van der Waals surface area contributed by atoms with E-state index in [1.54, 1.807) is 22.7 Å². The summed E-state index contributed by atoms with van der Waals surface area (Å²) in [6.07, 6.45) is 0. The van der Waals surface area contributed by atoms with Crippen LogP contribution in [0.3, 0.4) is 0 Å². The van der Waals surface area contributed by atoms with Crippen LogP contribution in [-0.2, 0) is 0 Å². The van der Waals surface area contributed by atoms with Crippen LogP contribution in [-0.4, -0.2) is 7.05 Å². The van der Waals surface area contributed by atoms with Crippen molar-refractivity contribution in [3.8, 4) is 0 Å². The smallest absolute Gasteiger partial charge is 0.0704 e. The molecule has 1 nitrogen and oxygen atoms in total. The Morgan fingerprint density at radius 1 is 1.41 bits per heavy atom. The van der Waals surface area contributed by atoms with Crippen molar-refractivity contribution >= 4 is 50.2 Å². The molecule has 1 N–H and O–H groups in total. The van der Waals surface area contributed by atoms with Crippen molar-refractivity contribution in [3.63, 3.8) is 0 Å². The predicted molar refractivity (Wildman–Crippen MR) is 81.7 cm³/mol. The van der Waals surface area contributed by atoms with Crippen molar-refractivity contribution in [2.75, 3.05) is 7.05 Å². The summed E-state index contributed by atoms with van der Waals surface area (Å²) in [6, 6.07) is 2.36. The summed E-state index contributed by atoms with van der Waals surface area (Å²) < 4.78 is 1.16. The maximum atomic E-state index is 6.35. The first-order valence-electron chi connectivity index (χ1n) is 5.21. The molecule has 1 unspecified atom stereocenters. The van der Waals surface area contributed by atoms with E-state index < -0.39 is 0 Å². The Balaban J connectivity index is 2.47. The van der Waals surface area contributed by atoms with E-state index in [-0.39, 0.29) is 6.04 Å². The van der Waals surface area contributed by atoms with Gasteiger partial charge in [-0.1, -0.05) is 11.6 Å². The number of hydrogen-bond donors (Lipinski definition) is 1. The van der Waals surface area contributed by atoms with Crippen molar-refractivity contribution in [3.05, 3.63) is 41.1 Å². The van der Waals surface area contributed by atoms with Gasteiger partial charge in [0.25, 0.3) is 0 Å². The quantitative estimate of drug-likeness (QED) is 0.807. The van der Waals surface area contributed by atoms with Crippen molar-refractivity contribution in [2.24, 2.45) is 0 Å². The third kappa shape index (κ3) is 2.61. The summed E-state index contributed by atoms with van der Waals surface area (Å²) in [5.41, 5.74) is 2.45. The molecule has 0 spiro atoms. The third-order valence-electron chi connectivity index (χ3n) is 2.71. The first kappa shape index (κ1) is 13.6. The molecule has 0 bridgehead atoms. The van der Waals surface area contributed by atoms with Crippen LogP contribution in [0.4, 0.5) is 0 Å². The van der Waals surface area contributed by atoms with Gasteiger partial charge in [-0.2, -0.15) is 0 Å². The first-order valence-corrected chi connectivity index (χ1v) is 8.08. The second-order valence-corrected chi connectivity index (χ2v) is 7.81. The standard InChI is InChI=1S/C12H13BrClNS2/c1-6-5-16-12(10(6)14)11(15-3)8-4-9(13)17-7(8)2/h4-5,11,15H,1-3H3. The molecule has 0 radical (unpaired) electrons. The summed E-state index contributed by atoms with van der Waals surface area (Å²) in [7, 11) is 1.97. The monoisotopic (exact) mass is 349 g/mol. The molecule has 0 saturated carbocycles. The van der Waals surface area contributed by atoms with E-state index in [0.717, 1.165) is 14.4 Å². The molecule has 5 heteroatoms. The van der Waals surface area contributed by atoms with Gasteiger partial charge in [-0.15, -0.1) is 22.7 Å². The maximum absolute atomic E-state index is 6.35. The summed E-state index contributed by atoms with van der Waals surface area (Å²) >= 11 is 13.4. The average Bonchev–Trinajstić information content (AvgIpc) is 2.77. The Hall–Kier alpha value is 0.130. The third-order valence-corrected chi connectivity index (χ3v) is 6.06. The molecule has 17 heavy (non-hydrogen) atoms. The predicted octanol–water partition coefficient (Wildman–Crippen LogP) is 5.15. The Morgan fingerprint density at radius 3 is 2.53 bits per heavy atom. The lowest BCUT2D eigenvalue weighted by Gasteiger charge is -2.15. The van der Waals surface area contributed by atoms with E-state index >= 15 is 0 Å². The van der Waals surface area contributed by atoms with E-state index in [0.29, 0.717) is 0 Å². The van der Waals surface area contributed by atoms with Crippen molar-refractivity contribution in [1.82, 2.24) is 5.32 Å². The fraction of sp³-hybridized carbons (Fsp3) is 0.333. The lowest BCUT2D eigenvalue weighted by Crippen LogP contribution is -2.17. The number of hydrogen-bond acceptors (Lipinski definition) is 3. The molecule has 2 aromatic rings. The van der Waals surface area contributed by atoms with Gasteiger partial charge in [-0.05, 0) is 59.4 Å². The average molecular weight is 351 g/mol. The highest BCUT2D eigenvalue weighted by molar-refractivity contribution is 9.11. The van der Waals surface area contributed by atoms with Gasteiger partial charge >= 0.3 is 0 Å². The van der Waals surface area contributed by atoms with Crippen LogP contribution in [0.15, 0.2) is 15.2 Å². The summed E-state index contributed by atoms with van der Waals surface area (Å²) in [5, 5.41) is 6.35. The molecule has 0 aliphatic carbocycles. The van der Waals surface area contributed by atoms with Gasteiger partial charge in [0.1, 0.15) is 0 Å². The number of thiophene rings is 2. The fourth-order valence-corrected chi connectivity index (χ4v) is 4.99. The second kappa shape index (κ2) is 5.41. The largest absolute Gasteiger partial charge is 0.309 e. The van der Waals surface area contributed by atoms with Crippen LogP contribution in [0.5, 0.6) is 0 Å². The number of nitrogens with one attached hydrogen (secondary N) is 1. The minimum atomic E-state index is 0.184. The molecule has 0 saturated heterocycles. The van der Waals surface area contributed by atoms with Crippen molar-refractivity contribution in [2.45, 2.75) is 19.9 Å². The zero-order valence-corrected chi connectivity index (χ0v) is 13.8. The normalized spacial score (nSPS) is 13.0. The van der Waals surface area contributed by atoms with Gasteiger partial charge in [-0.25, -0.2) is 0 Å². The molecule has 0 aliphatic rings. The number of rotatable bonds is 3. The van der Waals surface area contributed by atoms with E-state index in [9.17, 15) is 0 Å². The summed E-state index contributed by atoms with van der Waals surface area (Å²) in [4.78, 5) is 2.51. The fourth-order valence-electron chi connectivity index (χ4n) is 1.82. The SMILES string of the molecule is CNC(c1cc(Br)sc1C)c1scc(C)c1Cl. The molecule has 2 heterocycles. The lowest BCUT2D eigenvalue weighted by atomic mass is 10.1. The molecule has 92 valence electrons. The van der Waals surface area contributed by atoms with E-state index in [1.165, 1.54) is 15.3 Å².